The van der Waals surface area contributed by atoms with Gasteiger partial charge in [-0.1, -0.05) is 13.8 Å². The highest BCUT2D eigenvalue weighted by atomic mass is 16.6. The predicted octanol–water partition coefficient (Wildman–Crippen LogP) is 1.34. The third-order valence-electron chi connectivity index (χ3n) is 1.56. The van der Waals surface area contributed by atoms with Gasteiger partial charge in [-0.15, -0.1) is 0 Å². The third-order valence-corrected chi connectivity index (χ3v) is 1.56. The van der Waals surface area contributed by atoms with Gasteiger partial charge in [-0.2, -0.15) is 0 Å². The summed E-state index contributed by atoms with van der Waals surface area (Å²) in [6.07, 6.45) is -0.240. The summed E-state index contributed by atoms with van der Waals surface area (Å²) in [6, 6.07) is 0. The number of carbonyl (C=O) groups is 1. The smallest absolute Gasteiger partial charge is 0.302 e. The van der Waals surface area contributed by atoms with Crippen molar-refractivity contribution in [3.05, 3.63) is 0 Å². The van der Waals surface area contributed by atoms with Crippen molar-refractivity contribution < 1.29 is 14.6 Å². The lowest BCUT2D eigenvalue weighted by atomic mass is 10.0. The summed E-state index contributed by atoms with van der Waals surface area (Å²) in [5.74, 6) is 0.0884. The van der Waals surface area contributed by atoms with Gasteiger partial charge in [-0.05, 0) is 19.3 Å². The maximum atomic E-state index is 10.6. The van der Waals surface area contributed by atoms with Gasteiger partial charge >= 0.3 is 5.97 Å². The molecule has 2 atom stereocenters. The zero-order chi connectivity index (χ0) is 9.72. The van der Waals surface area contributed by atoms with Crippen LogP contribution in [0.1, 0.15) is 34.1 Å². The maximum Gasteiger partial charge on any atom is 0.302 e. The Morgan fingerprint density at radius 2 is 1.92 bits per heavy atom. The van der Waals surface area contributed by atoms with Crippen LogP contribution in [0, 0.1) is 5.92 Å². The van der Waals surface area contributed by atoms with Crippen LogP contribution in [0.3, 0.4) is 0 Å². The molecule has 72 valence electrons. The van der Waals surface area contributed by atoms with Crippen molar-refractivity contribution in [1.29, 1.82) is 0 Å². The molecule has 0 aromatic carbocycles. The minimum Gasteiger partial charge on any atom is -0.460 e. The van der Waals surface area contributed by atoms with E-state index in [0.717, 1.165) is 0 Å². The lowest BCUT2D eigenvalue weighted by Gasteiger charge is -2.21. The molecule has 0 aliphatic carbocycles. The summed E-state index contributed by atoms with van der Waals surface area (Å²) in [5.41, 5.74) is 0. The van der Waals surface area contributed by atoms with Crippen LogP contribution in [0.5, 0.6) is 0 Å². The second kappa shape index (κ2) is 5.14. The molecule has 1 N–H and O–H groups in total. The van der Waals surface area contributed by atoms with Crippen molar-refractivity contribution in [2.24, 2.45) is 5.92 Å². The van der Waals surface area contributed by atoms with Crippen LogP contribution in [0.2, 0.25) is 0 Å². The summed E-state index contributed by atoms with van der Waals surface area (Å²) < 4.78 is 4.93. The van der Waals surface area contributed by atoms with E-state index in [4.69, 9.17) is 4.74 Å². The molecule has 0 aromatic rings. The molecule has 0 rings (SSSR count). The second-order valence-corrected chi connectivity index (χ2v) is 3.52. The largest absolute Gasteiger partial charge is 0.460 e. The third kappa shape index (κ3) is 5.13. The Morgan fingerprint density at radius 1 is 1.42 bits per heavy atom. The van der Waals surface area contributed by atoms with Crippen molar-refractivity contribution >= 4 is 5.97 Å². The molecule has 12 heavy (non-hydrogen) atoms. The average Bonchev–Trinajstić information content (AvgIpc) is 1.83. The molecule has 3 heteroatoms. The van der Waals surface area contributed by atoms with E-state index in [2.05, 4.69) is 0 Å². The first-order valence-corrected chi connectivity index (χ1v) is 4.28. The first-order chi connectivity index (χ1) is 5.43. The van der Waals surface area contributed by atoms with Gasteiger partial charge in [-0.25, -0.2) is 0 Å². The van der Waals surface area contributed by atoms with E-state index in [1.165, 1.54) is 6.92 Å². The molecule has 0 amide bonds. The SMILES string of the molecule is CC(=O)OC(CC(C)C)C(C)O. The Bertz CT molecular complexity index is 141. The number of hydrogen-bond acceptors (Lipinski definition) is 3. The molecule has 0 spiro atoms. The molecule has 3 nitrogen and oxygen atoms in total. The van der Waals surface area contributed by atoms with Crippen molar-refractivity contribution in [3.63, 3.8) is 0 Å². The van der Waals surface area contributed by atoms with E-state index in [9.17, 15) is 9.90 Å². The molecule has 0 aromatic heterocycles. The summed E-state index contributed by atoms with van der Waals surface area (Å²) in [6.45, 7) is 7.05. The number of rotatable bonds is 4. The molecule has 0 aliphatic rings. The molecular formula is C9H18O3. The lowest BCUT2D eigenvalue weighted by molar-refractivity contribution is -0.152. The molecule has 0 bridgehead atoms. The Morgan fingerprint density at radius 3 is 2.17 bits per heavy atom. The fourth-order valence-electron chi connectivity index (χ4n) is 1.02. The lowest BCUT2D eigenvalue weighted by Crippen LogP contribution is -2.29. The van der Waals surface area contributed by atoms with Gasteiger partial charge in [0.05, 0.1) is 6.10 Å². The highest BCUT2D eigenvalue weighted by Crippen LogP contribution is 2.11. The monoisotopic (exact) mass is 174 g/mol. The van der Waals surface area contributed by atoms with E-state index >= 15 is 0 Å². The molecule has 0 heterocycles. The van der Waals surface area contributed by atoms with E-state index in [1.807, 2.05) is 13.8 Å². The quantitative estimate of drug-likeness (QED) is 0.654. The fraction of sp³-hybridized carbons (Fsp3) is 0.889. The highest BCUT2D eigenvalue weighted by molar-refractivity contribution is 5.66. The van der Waals surface area contributed by atoms with Gasteiger partial charge in [-0.3, -0.25) is 4.79 Å². The van der Waals surface area contributed by atoms with Crippen LogP contribution in [0.15, 0.2) is 0 Å². The summed E-state index contributed by atoms with van der Waals surface area (Å²) in [4.78, 5) is 10.6. The van der Waals surface area contributed by atoms with Crippen LogP contribution in [-0.2, 0) is 9.53 Å². The standard InChI is InChI=1S/C9H18O3/c1-6(2)5-9(7(3)10)12-8(4)11/h6-7,9-10H,5H2,1-4H3. The number of esters is 1. The first-order valence-electron chi connectivity index (χ1n) is 4.28. The van der Waals surface area contributed by atoms with E-state index in [-0.39, 0.29) is 12.1 Å². The van der Waals surface area contributed by atoms with E-state index in [0.29, 0.717) is 12.3 Å². The number of carbonyl (C=O) groups excluding carboxylic acids is 1. The zero-order valence-corrected chi connectivity index (χ0v) is 8.20. The molecule has 0 aliphatic heterocycles. The number of aliphatic hydroxyl groups is 1. The summed E-state index contributed by atoms with van der Waals surface area (Å²) in [5, 5.41) is 9.23. The fourth-order valence-corrected chi connectivity index (χ4v) is 1.02. The van der Waals surface area contributed by atoms with Crippen LogP contribution in [0.25, 0.3) is 0 Å². The van der Waals surface area contributed by atoms with Crippen LogP contribution >= 0.6 is 0 Å². The normalized spacial score (nSPS) is 15.8. The topological polar surface area (TPSA) is 46.5 Å². The van der Waals surface area contributed by atoms with Gasteiger partial charge in [0.1, 0.15) is 6.10 Å². The van der Waals surface area contributed by atoms with Crippen molar-refractivity contribution in [2.45, 2.75) is 46.3 Å². The van der Waals surface area contributed by atoms with Crippen molar-refractivity contribution in [1.82, 2.24) is 0 Å². The zero-order valence-electron chi connectivity index (χ0n) is 8.20. The Hall–Kier alpha value is -0.570. The summed E-state index contributed by atoms with van der Waals surface area (Å²) in [7, 11) is 0. The van der Waals surface area contributed by atoms with Crippen LogP contribution < -0.4 is 0 Å². The molecular weight excluding hydrogens is 156 g/mol. The van der Waals surface area contributed by atoms with E-state index < -0.39 is 6.10 Å². The number of aliphatic hydroxyl groups excluding tert-OH is 1. The van der Waals surface area contributed by atoms with Crippen LogP contribution in [0.4, 0.5) is 0 Å². The van der Waals surface area contributed by atoms with Crippen molar-refractivity contribution in [3.8, 4) is 0 Å². The van der Waals surface area contributed by atoms with Gasteiger partial charge < -0.3 is 9.84 Å². The van der Waals surface area contributed by atoms with Gasteiger partial charge in [0.2, 0.25) is 0 Å². The first kappa shape index (κ1) is 11.4. The number of ether oxygens (including phenoxy) is 1. The Balaban J connectivity index is 3.95. The maximum absolute atomic E-state index is 10.6. The van der Waals surface area contributed by atoms with Gasteiger partial charge in [0.25, 0.3) is 0 Å². The molecule has 0 saturated carbocycles. The molecule has 0 saturated heterocycles. The van der Waals surface area contributed by atoms with Crippen LogP contribution in [-0.4, -0.2) is 23.3 Å². The average molecular weight is 174 g/mol. The minimum absolute atomic E-state index is 0.332. The summed E-state index contributed by atoms with van der Waals surface area (Å²) >= 11 is 0. The van der Waals surface area contributed by atoms with E-state index in [1.54, 1.807) is 6.92 Å². The number of hydrogen-bond donors (Lipinski definition) is 1. The van der Waals surface area contributed by atoms with Gasteiger partial charge in [0.15, 0.2) is 0 Å². The second-order valence-electron chi connectivity index (χ2n) is 3.52. The molecule has 2 unspecified atom stereocenters. The van der Waals surface area contributed by atoms with Gasteiger partial charge in [0, 0.05) is 6.92 Å². The molecule has 0 fully saturated rings. The van der Waals surface area contributed by atoms with Crippen molar-refractivity contribution in [2.75, 3.05) is 0 Å². The predicted molar refractivity (Wildman–Crippen MR) is 46.7 cm³/mol. The Kier molecular flexibility index (Phi) is 4.90. The highest BCUT2D eigenvalue weighted by Gasteiger charge is 2.18. The molecule has 0 radical (unpaired) electrons. The minimum atomic E-state index is -0.587. The Labute approximate surface area is 73.7 Å².